The molecule has 0 spiro atoms. The van der Waals surface area contributed by atoms with Crippen LogP contribution >= 0.6 is 0 Å². The first-order chi connectivity index (χ1) is 15.1. The van der Waals surface area contributed by atoms with Crippen LogP contribution in [0.5, 0.6) is 11.5 Å². The molecule has 0 saturated carbocycles. The zero-order valence-corrected chi connectivity index (χ0v) is 17.4. The lowest BCUT2D eigenvalue weighted by molar-refractivity contribution is -0.117. The molecule has 0 aliphatic rings. The van der Waals surface area contributed by atoms with Crippen LogP contribution in [0.2, 0.25) is 0 Å². The van der Waals surface area contributed by atoms with Gasteiger partial charge in [0.2, 0.25) is 0 Å². The van der Waals surface area contributed by atoms with Crippen molar-refractivity contribution < 1.29 is 23.5 Å². The van der Waals surface area contributed by atoms with E-state index in [0.717, 1.165) is 5.56 Å². The zero-order chi connectivity index (χ0) is 22.1. The van der Waals surface area contributed by atoms with Crippen LogP contribution in [0.3, 0.4) is 0 Å². The van der Waals surface area contributed by atoms with Crippen molar-refractivity contribution >= 4 is 17.9 Å². The summed E-state index contributed by atoms with van der Waals surface area (Å²) in [5.74, 6) is 0.936. The number of rotatable bonds is 9. The number of aryl methyl sites for hydroxylation is 1. The Morgan fingerprint density at radius 3 is 2.58 bits per heavy atom. The molecule has 0 aliphatic heterocycles. The monoisotopic (exact) mass is 420 g/mol. The quantitative estimate of drug-likeness (QED) is 0.408. The molecule has 7 heteroatoms. The summed E-state index contributed by atoms with van der Waals surface area (Å²) in [5.41, 5.74) is 1.37. The van der Waals surface area contributed by atoms with Crippen LogP contribution in [0.25, 0.3) is 6.08 Å². The van der Waals surface area contributed by atoms with Crippen molar-refractivity contribution in [1.29, 1.82) is 0 Å². The van der Waals surface area contributed by atoms with E-state index < -0.39 is 5.91 Å². The highest BCUT2D eigenvalue weighted by Crippen LogP contribution is 2.18. The number of benzene rings is 2. The van der Waals surface area contributed by atoms with Gasteiger partial charge in [-0.05, 0) is 42.8 Å². The SMILES string of the molecule is COc1cccc(OCCNC(=O)/C(=C/c2ccco2)NC(=O)c2ccccc2C)c1. The minimum atomic E-state index is -0.451. The van der Waals surface area contributed by atoms with Crippen molar-refractivity contribution in [1.82, 2.24) is 10.6 Å². The highest BCUT2D eigenvalue weighted by atomic mass is 16.5. The fraction of sp³-hybridized carbons (Fsp3) is 0.167. The largest absolute Gasteiger partial charge is 0.497 e. The lowest BCUT2D eigenvalue weighted by Gasteiger charge is -2.12. The first-order valence-corrected chi connectivity index (χ1v) is 9.74. The van der Waals surface area contributed by atoms with Crippen molar-refractivity contribution in [2.24, 2.45) is 0 Å². The van der Waals surface area contributed by atoms with Gasteiger partial charge in [-0.25, -0.2) is 0 Å². The molecule has 31 heavy (non-hydrogen) atoms. The summed E-state index contributed by atoms with van der Waals surface area (Å²) in [5, 5.41) is 5.42. The minimum absolute atomic E-state index is 0.0737. The van der Waals surface area contributed by atoms with E-state index in [1.807, 2.05) is 31.2 Å². The highest BCUT2D eigenvalue weighted by molar-refractivity contribution is 6.05. The molecule has 3 aromatic rings. The number of hydrogen-bond acceptors (Lipinski definition) is 5. The molecule has 1 heterocycles. The Morgan fingerprint density at radius 2 is 1.84 bits per heavy atom. The van der Waals surface area contributed by atoms with Gasteiger partial charge in [-0.2, -0.15) is 0 Å². The summed E-state index contributed by atoms with van der Waals surface area (Å²) in [4.78, 5) is 25.4. The van der Waals surface area contributed by atoms with Gasteiger partial charge in [-0.3, -0.25) is 9.59 Å². The molecular weight excluding hydrogens is 396 g/mol. The molecule has 3 rings (SSSR count). The smallest absolute Gasteiger partial charge is 0.268 e. The van der Waals surface area contributed by atoms with Gasteiger partial charge in [-0.1, -0.05) is 24.3 Å². The average Bonchev–Trinajstić information content (AvgIpc) is 3.29. The highest BCUT2D eigenvalue weighted by Gasteiger charge is 2.16. The summed E-state index contributed by atoms with van der Waals surface area (Å²) < 4.78 is 16.1. The summed E-state index contributed by atoms with van der Waals surface area (Å²) in [6.07, 6.45) is 2.97. The van der Waals surface area contributed by atoms with E-state index in [-0.39, 0.29) is 24.8 Å². The minimum Gasteiger partial charge on any atom is -0.497 e. The maximum absolute atomic E-state index is 12.7. The third-order valence-electron chi connectivity index (χ3n) is 4.41. The topological polar surface area (TPSA) is 89.8 Å². The number of hydrogen-bond donors (Lipinski definition) is 2. The fourth-order valence-corrected chi connectivity index (χ4v) is 2.81. The molecule has 2 amide bonds. The molecule has 0 unspecified atom stereocenters. The van der Waals surface area contributed by atoms with Gasteiger partial charge in [-0.15, -0.1) is 0 Å². The Labute approximate surface area is 180 Å². The molecule has 0 fully saturated rings. The Bertz CT molecular complexity index is 1060. The Kier molecular flexibility index (Phi) is 7.48. The van der Waals surface area contributed by atoms with Crippen LogP contribution in [0.4, 0.5) is 0 Å². The average molecular weight is 420 g/mol. The molecule has 2 N–H and O–H groups in total. The second kappa shape index (κ2) is 10.7. The van der Waals surface area contributed by atoms with Gasteiger partial charge in [0.1, 0.15) is 29.6 Å². The van der Waals surface area contributed by atoms with Crippen LogP contribution in [0, 0.1) is 6.92 Å². The number of furan rings is 1. The van der Waals surface area contributed by atoms with Gasteiger partial charge in [0, 0.05) is 17.7 Å². The number of carbonyl (C=O) groups is 2. The molecule has 0 radical (unpaired) electrons. The molecule has 0 saturated heterocycles. The van der Waals surface area contributed by atoms with Crippen LogP contribution in [0.15, 0.2) is 77.0 Å². The zero-order valence-electron chi connectivity index (χ0n) is 17.4. The molecular formula is C24H24N2O5. The van der Waals surface area contributed by atoms with Crippen LogP contribution in [-0.4, -0.2) is 32.1 Å². The van der Waals surface area contributed by atoms with E-state index in [9.17, 15) is 9.59 Å². The molecule has 0 aliphatic carbocycles. The predicted molar refractivity (Wildman–Crippen MR) is 117 cm³/mol. The summed E-state index contributed by atoms with van der Waals surface area (Å²) in [6, 6.07) is 17.7. The number of carbonyl (C=O) groups excluding carboxylic acids is 2. The van der Waals surface area contributed by atoms with Crippen LogP contribution in [-0.2, 0) is 4.79 Å². The van der Waals surface area contributed by atoms with Crippen molar-refractivity contribution in [3.05, 3.63) is 89.5 Å². The number of ether oxygens (including phenoxy) is 2. The van der Waals surface area contributed by atoms with E-state index >= 15 is 0 Å². The number of amides is 2. The fourth-order valence-electron chi connectivity index (χ4n) is 2.81. The predicted octanol–water partition coefficient (Wildman–Crippen LogP) is 3.56. The Hall–Kier alpha value is -4.00. The number of methoxy groups -OCH3 is 1. The summed E-state index contributed by atoms with van der Waals surface area (Å²) in [7, 11) is 1.58. The maximum Gasteiger partial charge on any atom is 0.268 e. The molecule has 0 atom stereocenters. The Morgan fingerprint density at radius 1 is 1.03 bits per heavy atom. The van der Waals surface area contributed by atoms with Crippen molar-refractivity contribution in [3.63, 3.8) is 0 Å². The molecule has 0 bridgehead atoms. The second-order valence-corrected chi connectivity index (χ2v) is 6.63. The third-order valence-corrected chi connectivity index (χ3v) is 4.41. The van der Waals surface area contributed by atoms with E-state index in [2.05, 4.69) is 10.6 Å². The molecule has 2 aromatic carbocycles. The van der Waals surface area contributed by atoms with Gasteiger partial charge in [0.05, 0.1) is 19.9 Å². The van der Waals surface area contributed by atoms with Crippen molar-refractivity contribution in [3.8, 4) is 11.5 Å². The van der Waals surface area contributed by atoms with Gasteiger partial charge < -0.3 is 24.5 Å². The molecule has 160 valence electrons. The van der Waals surface area contributed by atoms with Crippen LogP contribution in [0.1, 0.15) is 21.7 Å². The first kappa shape index (κ1) is 21.7. The number of nitrogens with one attached hydrogen (secondary N) is 2. The van der Waals surface area contributed by atoms with Crippen molar-refractivity contribution in [2.45, 2.75) is 6.92 Å². The lowest BCUT2D eigenvalue weighted by atomic mass is 10.1. The normalized spacial score (nSPS) is 11.0. The maximum atomic E-state index is 12.7. The van der Waals surface area contributed by atoms with Gasteiger partial charge in [0.15, 0.2) is 0 Å². The first-order valence-electron chi connectivity index (χ1n) is 9.74. The van der Waals surface area contributed by atoms with E-state index in [0.29, 0.717) is 22.8 Å². The van der Waals surface area contributed by atoms with E-state index in [4.69, 9.17) is 13.9 Å². The van der Waals surface area contributed by atoms with Gasteiger partial charge in [0.25, 0.3) is 11.8 Å². The summed E-state index contributed by atoms with van der Waals surface area (Å²) >= 11 is 0. The third kappa shape index (κ3) is 6.24. The van der Waals surface area contributed by atoms with Gasteiger partial charge >= 0.3 is 0 Å². The van der Waals surface area contributed by atoms with Crippen LogP contribution < -0.4 is 20.1 Å². The van der Waals surface area contributed by atoms with E-state index in [1.165, 1.54) is 12.3 Å². The lowest BCUT2D eigenvalue weighted by Crippen LogP contribution is -2.36. The standard InChI is InChI=1S/C24H24N2O5/c1-17-7-3-4-11-21(17)23(27)26-22(16-20-10-6-13-30-20)24(28)25-12-14-31-19-9-5-8-18(15-19)29-2/h3-11,13,15-16H,12,14H2,1-2H3,(H,25,28)(H,26,27)/b22-16-. The molecule has 1 aromatic heterocycles. The van der Waals surface area contributed by atoms with Crippen molar-refractivity contribution in [2.75, 3.05) is 20.3 Å². The Balaban J connectivity index is 1.63. The molecule has 7 nitrogen and oxygen atoms in total. The second-order valence-electron chi connectivity index (χ2n) is 6.63. The summed E-state index contributed by atoms with van der Waals surface area (Å²) in [6.45, 7) is 2.32. The van der Waals surface area contributed by atoms with E-state index in [1.54, 1.807) is 43.5 Å².